The maximum Gasteiger partial charge on any atom is 0.251 e. The second kappa shape index (κ2) is 6.00. The fourth-order valence-electron chi connectivity index (χ4n) is 2.84. The van der Waals surface area contributed by atoms with E-state index in [1.165, 1.54) is 11.1 Å². The minimum Gasteiger partial charge on any atom is -0.493 e. The van der Waals surface area contributed by atoms with Gasteiger partial charge >= 0.3 is 0 Å². The summed E-state index contributed by atoms with van der Waals surface area (Å²) in [7, 11) is 1.65. The lowest BCUT2D eigenvalue weighted by Crippen LogP contribution is -2.23. The summed E-state index contributed by atoms with van der Waals surface area (Å²) in [6, 6.07) is 16.0. The Kier molecular flexibility index (Phi) is 3.91. The molecule has 21 heavy (non-hydrogen) atoms. The van der Waals surface area contributed by atoms with Crippen molar-refractivity contribution in [2.45, 2.75) is 12.8 Å². The van der Waals surface area contributed by atoms with Crippen LogP contribution in [0.2, 0.25) is 0 Å². The monoisotopic (exact) mass is 281 g/mol. The van der Waals surface area contributed by atoms with Crippen molar-refractivity contribution in [1.82, 2.24) is 5.32 Å². The minimum absolute atomic E-state index is 0.0397. The third-order valence-electron chi connectivity index (χ3n) is 3.90. The molecule has 3 nitrogen and oxygen atoms in total. The maximum atomic E-state index is 11.7. The van der Waals surface area contributed by atoms with Crippen LogP contribution in [0.3, 0.4) is 0 Å². The number of amides is 1. The van der Waals surface area contributed by atoms with Gasteiger partial charge in [-0.2, -0.15) is 0 Å². The van der Waals surface area contributed by atoms with Gasteiger partial charge in [0.05, 0.1) is 6.61 Å². The summed E-state index contributed by atoms with van der Waals surface area (Å²) in [5, 5.41) is 2.66. The number of ether oxygens (including phenoxy) is 1. The molecule has 1 unspecified atom stereocenters. The smallest absolute Gasteiger partial charge is 0.251 e. The second-order valence-corrected chi connectivity index (χ2v) is 5.47. The van der Waals surface area contributed by atoms with Crippen LogP contribution in [0.1, 0.15) is 21.5 Å². The van der Waals surface area contributed by atoms with Crippen molar-refractivity contribution in [3.63, 3.8) is 0 Å². The SMILES string of the molecule is CNC(=O)c1cccc(CC2COc3ccccc3C2)c1. The summed E-state index contributed by atoms with van der Waals surface area (Å²) in [5.41, 5.74) is 3.17. The van der Waals surface area contributed by atoms with Gasteiger partial charge in [0.1, 0.15) is 5.75 Å². The number of rotatable bonds is 3. The van der Waals surface area contributed by atoms with Crippen molar-refractivity contribution in [3.05, 3.63) is 65.2 Å². The van der Waals surface area contributed by atoms with Crippen LogP contribution in [0.25, 0.3) is 0 Å². The number of carbonyl (C=O) groups is 1. The van der Waals surface area contributed by atoms with Crippen molar-refractivity contribution in [2.24, 2.45) is 5.92 Å². The zero-order valence-corrected chi connectivity index (χ0v) is 12.1. The van der Waals surface area contributed by atoms with Gasteiger partial charge in [-0.25, -0.2) is 0 Å². The van der Waals surface area contributed by atoms with Gasteiger partial charge in [0.2, 0.25) is 0 Å². The van der Waals surface area contributed by atoms with Crippen LogP contribution in [0.4, 0.5) is 0 Å². The van der Waals surface area contributed by atoms with Crippen LogP contribution >= 0.6 is 0 Å². The van der Waals surface area contributed by atoms with E-state index in [4.69, 9.17) is 4.74 Å². The molecule has 0 aliphatic carbocycles. The number of para-hydroxylation sites is 1. The molecule has 0 fully saturated rings. The van der Waals surface area contributed by atoms with E-state index >= 15 is 0 Å². The average Bonchev–Trinajstić information content (AvgIpc) is 2.54. The lowest BCUT2D eigenvalue weighted by Gasteiger charge is -2.25. The number of hydrogen-bond acceptors (Lipinski definition) is 2. The lowest BCUT2D eigenvalue weighted by molar-refractivity contribution is 0.0963. The fraction of sp³-hybridized carbons (Fsp3) is 0.278. The molecule has 3 rings (SSSR count). The Morgan fingerprint density at radius 2 is 2.10 bits per heavy atom. The zero-order chi connectivity index (χ0) is 14.7. The summed E-state index contributed by atoms with van der Waals surface area (Å²) in [4.78, 5) is 11.7. The second-order valence-electron chi connectivity index (χ2n) is 5.47. The average molecular weight is 281 g/mol. The van der Waals surface area contributed by atoms with Crippen LogP contribution < -0.4 is 10.1 Å². The topological polar surface area (TPSA) is 38.3 Å². The first-order valence-electron chi connectivity index (χ1n) is 7.28. The summed E-state index contributed by atoms with van der Waals surface area (Å²) in [5.74, 6) is 1.43. The molecule has 108 valence electrons. The van der Waals surface area contributed by atoms with E-state index in [-0.39, 0.29) is 5.91 Å². The highest BCUT2D eigenvalue weighted by Crippen LogP contribution is 2.28. The van der Waals surface area contributed by atoms with Crippen molar-refractivity contribution >= 4 is 5.91 Å². The number of nitrogens with one attached hydrogen (secondary N) is 1. The molecule has 0 bridgehead atoms. The highest BCUT2D eigenvalue weighted by Gasteiger charge is 2.20. The predicted octanol–water partition coefficient (Wildman–Crippen LogP) is 2.84. The van der Waals surface area contributed by atoms with Crippen molar-refractivity contribution in [3.8, 4) is 5.75 Å². The van der Waals surface area contributed by atoms with Gasteiger partial charge in [0.25, 0.3) is 5.91 Å². The molecule has 2 aromatic carbocycles. The third kappa shape index (κ3) is 3.07. The van der Waals surface area contributed by atoms with Crippen LogP contribution in [0.5, 0.6) is 5.75 Å². The number of benzene rings is 2. The first-order valence-corrected chi connectivity index (χ1v) is 7.28. The Labute approximate surface area is 124 Å². The number of fused-ring (bicyclic) bond motifs is 1. The molecule has 1 amide bonds. The minimum atomic E-state index is -0.0397. The van der Waals surface area contributed by atoms with E-state index in [0.29, 0.717) is 11.5 Å². The van der Waals surface area contributed by atoms with E-state index in [1.54, 1.807) is 7.05 Å². The van der Waals surface area contributed by atoms with Gasteiger partial charge in [-0.15, -0.1) is 0 Å². The summed E-state index contributed by atoms with van der Waals surface area (Å²) < 4.78 is 5.83. The fourth-order valence-corrected chi connectivity index (χ4v) is 2.84. The Morgan fingerprint density at radius 1 is 1.24 bits per heavy atom. The van der Waals surface area contributed by atoms with Crippen LogP contribution in [-0.4, -0.2) is 19.6 Å². The van der Waals surface area contributed by atoms with Gasteiger partial charge in [-0.1, -0.05) is 30.3 Å². The van der Waals surface area contributed by atoms with Crippen molar-refractivity contribution < 1.29 is 9.53 Å². The molecular weight excluding hydrogens is 262 g/mol. The molecule has 0 radical (unpaired) electrons. The van der Waals surface area contributed by atoms with Crippen molar-refractivity contribution in [1.29, 1.82) is 0 Å². The molecule has 1 aliphatic rings. The molecule has 2 aromatic rings. The van der Waals surface area contributed by atoms with Crippen LogP contribution in [0.15, 0.2) is 48.5 Å². The molecule has 0 saturated carbocycles. The van der Waals surface area contributed by atoms with E-state index in [1.807, 2.05) is 30.3 Å². The molecule has 1 aliphatic heterocycles. The number of carbonyl (C=O) groups excluding carboxylic acids is 1. The van der Waals surface area contributed by atoms with Gasteiger partial charge in [-0.05, 0) is 42.2 Å². The normalized spacial score (nSPS) is 16.7. The lowest BCUT2D eigenvalue weighted by atomic mass is 9.90. The van der Waals surface area contributed by atoms with E-state index < -0.39 is 0 Å². The zero-order valence-electron chi connectivity index (χ0n) is 12.1. The Balaban J connectivity index is 1.72. The molecule has 0 spiro atoms. The van der Waals surface area contributed by atoms with E-state index in [9.17, 15) is 4.79 Å². The van der Waals surface area contributed by atoms with Crippen LogP contribution in [0, 0.1) is 5.92 Å². The van der Waals surface area contributed by atoms with Crippen molar-refractivity contribution in [2.75, 3.05) is 13.7 Å². The standard InChI is InChI=1S/C18H19NO2/c1-19-18(20)16-7-4-5-13(10-16)9-14-11-15-6-2-3-8-17(15)21-12-14/h2-8,10,14H,9,11-12H2,1H3,(H,19,20). The quantitative estimate of drug-likeness (QED) is 0.939. The van der Waals surface area contributed by atoms with E-state index in [2.05, 4.69) is 23.5 Å². The largest absolute Gasteiger partial charge is 0.493 e. The molecule has 0 saturated heterocycles. The molecular formula is C18H19NO2. The van der Waals surface area contributed by atoms with E-state index in [0.717, 1.165) is 25.2 Å². The molecule has 1 N–H and O–H groups in total. The summed E-state index contributed by atoms with van der Waals surface area (Å²) >= 11 is 0. The molecule has 1 heterocycles. The third-order valence-corrected chi connectivity index (χ3v) is 3.90. The predicted molar refractivity (Wildman–Crippen MR) is 82.7 cm³/mol. The molecule has 0 aromatic heterocycles. The molecule has 3 heteroatoms. The Morgan fingerprint density at radius 3 is 2.95 bits per heavy atom. The highest BCUT2D eigenvalue weighted by atomic mass is 16.5. The summed E-state index contributed by atoms with van der Waals surface area (Å²) in [6.07, 6.45) is 1.96. The first kappa shape index (κ1) is 13.7. The van der Waals surface area contributed by atoms with Crippen LogP contribution in [-0.2, 0) is 12.8 Å². The molecule has 1 atom stereocenters. The summed E-state index contributed by atoms with van der Waals surface area (Å²) in [6.45, 7) is 0.737. The van der Waals surface area contributed by atoms with Gasteiger partial charge in [-0.3, -0.25) is 4.79 Å². The first-order chi connectivity index (χ1) is 10.3. The Bertz CT molecular complexity index is 651. The van der Waals surface area contributed by atoms with Gasteiger partial charge in [0.15, 0.2) is 0 Å². The Hall–Kier alpha value is -2.29. The number of hydrogen-bond donors (Lipinski definition) is 1. The highest BCUT2D eigenvalue weighted by molar-refractivity contribution is 5.94. The van der Waals surface area contributed by atoms with Gasteiger partial charge < -0.3 is 10.1 Å². The maximum absolute atomic E-state index is 11.7. The van der Waals surface area contributed by atoms with Gasteiger partial charge in [0, 0.05) is 18.5 Å².